The second-order valence-corrected chi connectivity index (χ2v) is 8.31. The van der Waals surface area contributed by atoms with Crippen LogP contribution < -0.4 is 15.4 Å². The first-order valence-electron chi connectivity index (χ1n) is 11.6. The van der Waals surface area contributed by atoms with Crippen LogP contribution in [0.4, 0.5) is 17.3 Å². The lowest BCUT2D eigenvalue weighted by Gasteiger charge is -2.16. The van der Waals surface area contributed by atoms with E-state index in [1.165, 1.54) is 18.7 Å². The molecule has 0 spiro atoms. The normalized spacial score (nSPS) is 10.9. The third-order valence-electron chi connectivity index (χ3n) is 5.70. The molecule has 11 nitrogen and oxygen atoms in total. The highest BCUT2D eigenvalue weighted by Gasteiger charge is 2.10. The highest BCUT2D eigenvalue weighted by molar-refractivity contribution is 5.88. The molecule has 37 heavy (non-hydrogen) atoms. The number of hydrogen-bond acceptors (Lipinski definition) is 9. The molecule has 0 saturated carbocycles. The van der Waals surface area contributed by atoms with Gasteiger partial charge in [0.2, 0.25) is 5.91 Å². The summed E-state index contributed by atoms with van der Waals surface area (Å²) in [6.07, 6.45) is 6.10. The zero-order valence-corrected chi connectivity index (χ0v) is 20.4. The number of anilines is 3. The predicted octanol–water partition coefficient (Wildman–Crippen LogP) is 3.97. The number of carbonyl (C=O) groups is 1. The SMILES string of the molecule is C=CC(=O)N(C)CCNc1ccc2ncnc(Nc3ccc(Oc4ccn5ncnc5c4)c(C)c3)c2n1. The molecule has 186 valence electrons. The van der Waals surface area contributed by atoms with Gasteiger partial charge in [-0.15, -0.1) is 0 Å². The Morgan fingerprint density at radius 1 is 1.14 bits per heavy atom. The molecule has 0 atom stereocenters. The lowest BCUT2D eigenvalue weighted by molar-refractivity contribution is -0.124. The Hall–Kier alpha value is -5.06. The van der Waals surface area contributed by atoms with Gasteiger partial charge >= 0.3 is 0 Å². The van der Waals surface area contributed by atoms with Gasteiger partial charge in [0.1, 0.15) is 35.5 Å². The van der Waals surface area contributed by atoms with Crippen LogP contribution in [-0.4, -0.2) is 60.5 Å². The molecule has 0 fully saturated rings. The van der Waals surface area contributed by atoms with Crippen LogP contribution in [0.1, 0.15) is 5.56 Å². The van der Waals surface area contributed by atoms with Gasteiger partial charge in [0, 0.05) is 38.1 Å². The second-order valence-electron chi connectivity index (χ2n) is 8.31. The second kappa shape index (κ2) is 10.3. The summed E-state index contributed by atoms with van der Waals surface area (Å²) in [5.74, 6) is 2.52. The number of nitrogens with one attached hydrogen (secondary N) is 2. The minimum absolute atomic E-state index is 0.128. The number of carbonyl (C=O) groups excluding carboxylic acids is 1. The summed E-state index contributed by atoms with van der Waals surface area (Å²) in [5.41, 5.74) is 3.83. The molecule has 0 aliphatic rings. The van der Waals surface area contributed by atoms with Crippen LogP contribution in [0.5, 0.6) is 11.5 Å². The Labute approximate surface area is 212 Å². The Morgan fingerprint density at radius 3 is 2.86 bits per heavy atom. The molecule has 1 amide bonds. The van der Waals surface area contributed by atoms with Crippen molar-refractivity contribution in [2.45, 2.75) is 6.92 Å². The average Bonchev–Trinajstić information content (AvgIpc) is 3.38. The number of ether oxygens (including phenoxy) is 1. The van der Waals surface area contributed by atoms with E-state index in [9.17, 15) is 4.79 Å². The molecule has 0 bridgehead atoms. The topological polar surface area (TPSA) is 122 Å². The van der Waals surface area contributed by atoms with Gasteiger partial charge in [0.05, 0.1) is 5.52 Å². The number of aromatic nitrogens is 6. The monoisotopic (exact) mass is 495 g/mol. The molecule has 4 aromatic heterocycles. The maximum atomic E-state index is 11.6. The quantitative estimate of drug-likeness (QED) is 0.292. The third-order valence-corrected chi connectivity index (χ3v) is 5.70. The number of nitrogens with zero attached hydrogens (tertiary/aromatic N) is 7. The van der Waals surface area contributed by atoms with E-state index < -0.39 is 0 Å². The van der Waals surface area contributed by atoms with Crippen LogP contribution in [0, 0.1) is 6.92 Å². The van der Waals surface area contributed by atoms with Crippen molar-refractivity contribution in [1.29, 1.82) is 0 Å². The first kappa shape index (κ1) is 23.7. The predicted molar refractivity (Wildman–Crippen MR) is 141 cm³/mol. The van der Waals surface area contributed by atoms with Gasteiger partial charge in [0.15, 0.2) is 11.5 Å². The summed E-state index contributed by atoms with van der Waals surface area (Å²) in [5, 5.41) is 10.7. The smallest absolute Gasteiger partial charge is 0.245 e. The van der Waals surface area contributed by atoms with E-state index in [1.54, 1.807) is 22.7 Å². The van der Waals surface area contributed by atoms with Crippen LogP contribution in [0.2, 0.25) is 0 Å². The van der Waals surface area contributed by atoms with Crippen molar-refractivity contribution < 1.29 is 9.53 Å². The molecule has 5 rings (SSSR count). The Kier molecular flexibility index (Phi) is 6.58. The van der Waals surface area contributed by atoms with E-state index in [2.05, 4.69) is 42.2 Å². The number of aryl methyl sites for hydroxylation is 1. The van der Waals surface area contributed by atoms with Gasteiger partial charge in [-0.1, -0.05) is 6.58 Å². The van der Waals surface area contributed by atoms with Gasteiger partial charge < -0.3 is 20.3 Å². The minimum Gasteiger partial charge on any atom is -0.457 e. The van der Waals surface area contributed by atoms with Crippen LogP contribution in [0.3, 0.4) is 0 Å². The van der Waals surface area contributed by atoms with Crippen molar-refractivity contribution in [2.24, 2.45) is 0 Å². The van der Waals surface area contributed by atoms with Crippen molar-refractivity contribution in [3.05, 3.63) is 79.5 Å². The first-order valence-corrected chi connectivity index (χ1v) is 11.6. The van der Waals surface area contributed by atoms with Gasteiger partial charge in [0.25, 0.3) is 0 Å². The molecule has 2 N–H and O–H groups in total. The summed E-state index contributed by atoms with van der Waals surface area (Å²) in [6, 6.07) is 13.2. The maximum absolute atomic E-state index is 11.6. The minimum atomic E-state index is -0.128. The highest BCUT2D eigenvalue weighted by atomic mass is 16.5. The molecule has 4 heterocycles. The molecule has 5 aromatic rings. The Morgan fingerprint density at radius 2 is 2.03 bits per heavy atom. The number of amides is 1. The van der Waals surface area contributed by atoms with Crippen molar-refractivity contribution in [3.63, 3.8) is 0 Å². The fourth-order valence-electron chi connectivity index (χ4n) is 3.71. The third kappa shape index (κ3) is 5.30. The van der Waals surface area contributed by atoms with Gasteiger partial charge in [-0.2, -0.15) is 5.10 Å². The number of rotatable bonds is 9. The molecule has 11 heteroatoms. The highest BCUT2D eigenvalue weighted by Crippen LogP contribution is 2.30. The number of fused-ring (bicyclic) bond motifs is 2. The van der Waals surface area contributed by atoms with E-state index in [0.29, 0.717) is 47.2 Å². The molecule has 1 aromatic carbocycles. The van der Waals surface area contributed by atoms with Crippen molar-refractivity contribution >= 4 is 39.9 Å². The largest absolute Gasteiger partial charge is 0.457 e. The molecule has 0 unspecified atom stereocenters. The van der Waals surface area contributed by atoms with Crippen LogP contribution >= 0.6 is 0 Å². The van der Waals surface area contributed by atoms with E-state index in [4.69, 9.17) is 4.74 Å². The molecule has 0 saturated heterocycles. The summed E-state index contributed by atoms with van der Waals surface area (Å²) in [4.78, 5) is 30.8. The van der Waals surface area contributed by atoms with Crippen molar-refractivity contribution in [1.82, 2.24) is 34.4 Å². The lowest BCUT2D eigenvalue weighted by Crippen LogP contribution is -2.29. The van der Waals surface area contributed by atoms with Crippen molar-refractivity contribution in [2.75, 3.05) is 30.8 Å². The van der Waals surface area contributed by atoms with Crippen LogP contribution in [0.25, 0.3) is 16.7 Å². The summed E-state index contributed by atoms with van der Waals surface area (Å²) < 4.78 is 7.75. The number of pyridine rings is 2. The first-order chi connectivity index (χ1) is 18.0. The fourth-order valence-corrected chi connectivity index (χ4v) is 3.71. The maximum Gasteiger partial charge on any atom is 0.245 e. The van der Waals surface area contributed by atoms with E-state index in [-0.39, 0.29) is 5.91 Å². The zero-order chi connectivity index (χ0) is 25.8. The Balaban J connectivity index is 1.31. The van der Waals surface area contributed by atoms with E-state index in [0.717, 1.165) is 17.0 Å². The summed E-state index contributed by atoms with van der Waals surface area (Å²) in [6.45, 7) is 6.53. The molecule has 0 aliphatic carbocycles. The fraction of sp³-hybridized carbons (Fsp3) is 0.154. The molecule has 0 radical (unpaired) electrons. The molecule has 0 aliphatic heterocycles. The van der Waals surface area contributed by atoms with Gasteiger partial charge in [-0.25, -0.2) is 24.5 Å². The van der Waals surface area contributed by atoms with E-state index in [1.807, 2.05) is 49.4 Å². The molecular formula is C26H25N9O2. The number of hydrogen-bond donors (Lipinski definition) is 2. The molecular weight excluding hydrogens is 470 g/mol. The number of likely N-dealkylation sites (N-methyl/N-ethyl adjacent to an activating group) is 1. The summed E-state index contributed by atoms with van der Waals surface area (Å²) in [7, 11) is 1.73. The lowest BCUT2D eigenvalue weighted by atomic mass is 10.2. The standard InChI is InChI=1S/C26H25N9O2/c1-4-24(36)34(3)12-10-27-22-8-6-20-25(33-22)26(30-15-28-20)32-18-5-7-21(17(2)13-18)37-19-9-11-35-23(14-19)29-16-31-35/h4-9,11,13-16H,1,10,12H2,2-3H3,(H,27,33)(H,28,30,32). The van der Waals surface area contributed by atoms with Crippen molar-refractivity contribution in [3.8, 4) is 11.5 Å². The number of benzene rings is 1. The van der Waals surface area contributed by atoms with Gasteiger partial charge in [-0.05, 0) is 55.0 Å². The van der Waals surface area contributed by atoms with Crippen LogP contribution in [-0.2, 0) is 4.79 Å². The summed E-state index contributed by atoms with van der Waals surface area (Å²) >= 11 is 0. The van der Waals surface area contributed by atoms with E-state index >= 15 is 0 Å². The average molecular weight is 496 g/mol. The zero-order valence-electron chi connectivity index (χ0n) is 20.4. The van der Waals surface area contributed by atoms with Gasteiger partial charge in [-0.3, -0.25) is 4.79 Å². The Bertz CT molecular complexity index is 1600. The van der Waals surface area contributed by atoms with Crippen LogP contribution in [0.15, 0.2) is 74.0 Å².